The molecule has 0 aromatic carbocycles. The fraction of sp³-hybridized carbons (Fsp3) is 0.368. The number of amides is 1. The molecule has 1 amide bonds. The van der Waals surface area contributed by atoms with Gasteiger partial charge in [-0.2, -0.15) is 4.98 Å². The highest BCUT2D eigenvalue weighted by Gasteiger charge is 2.35. The first-order valence-electron chi connectivity index (χ1n) is 8.78. The largest absolute Gasteiger partial charge is 0.461 e. The molecule has 0 aliphatic heterocycles. The fourth-order valence-corrected chi connectivity index (χ4v) is 2.99. The molecule has 7 nitrogen and oxygen atoms in total. The van der Waals surface area contributed by atoms with Gasteiger partial charge in [-0.15, -0.1) is 0 Å². The van der Waals surface area contributed by atoms with E-state index in [1.54, 1.807) is 24.6 Å². The van der Waals surface area contributed by atoms with Gasteiger partial charge in [-0.1, -0.05) is 11.2 Å². The lowest BCUT2D eigenvalue weighted by molar-refractivity contribution is -0.122. The molecule has 134 valence electrons. The van der Waals surface area contributed by atoms with Crippen molar-refractivity contribution in [1.29, 1.82) is 0 Å². The maximum absolute atomic E-state index is 12.4. The molecule has 1 aliphatic carbocycles. The summed E-state index contributed by atoms with van der Waals surface area (Å²) in [5.74, 6) is 1.80. The average Bonchev–Trinajstić information content (AvgIpc) is 3.14. The van der Waals surface area contributed by atoms with E-state index in [0.717, 1.165) is 24.1 Å². The van der Waals surface area contributed by atoms with Gasteiger partial charge in [-0.3, -0.25) is 9.78 Å². The monoisotopic (exact) mass is 352 g/mol. The van der Waals surface area contributed by atoms with Crippen LogP contribution in [0.25, 0.3) is 11.6 Å². The van der Waals surface area contributed by atoms with Crippen LogP contribution in [-0.4, -0.2) is 21.0 Å². The van der Waals surface area contributed by atoms with E-state index in [0.29, 0.717) is 29.8 Å². The van der Waals surface area contributed by atoms with Crippen molar-refractivity contribution in [2.45, 2.75) is 38.6 Å². The highest BCUT2D eigenvalue weighted by Crippen LogP contribution is 2.41. The Morgan fingerprint density at radius 1 is 1.35 bits per heavy atom. The van der Waals surface area contributed by atoms with Gasteiger partial charge >= 0.3 is 0 Å². The van der Waals surface area contributed by atoms with Crippen LogP contribution < -0.4 is 5.32 Å². The van der Waals surface area contributed by atoms with Crippen LogP contribution in [0.2, 0.25) is 0 Å². The second-order valence-corrected chi connectivity index (χ2v) is 6.58. The molecule has 4 rings (SSSR count). The van der Waals surface area contributed by atoms with Crippen LogP contribution >= 0.6 is 0 Å². The number of rotatable bonds is 7. The van der Waals surface area contributed by atoms with E-state index in [1.807, 2.05) is 19.1 Å². The molecule has 1 unspecified atom stereocenters. The molecule has 1 saturated carbocycles. The maximum Gasteiger partial charge on any atom is 0.238 e. The molecule has 1 N–H and O–H groups in total. The van der Waals surface area contributed by atoms with Crippen LogP contribution in [0.5, 0.6) is 0 Å². The van der Waals surface area contributed by atoms with E-state index in [2.05, 4.69) is 20.4 Å². The summed E-state index contributed by atoms with van der Waals surface area (Å²) in [6, 6.07) is 7.44. The second-order valence-electron chi connectivity index (χ2n) is 6.58. The second kappa shape index (κ2) is 7.11. The van der Waals surface area contributed by atoms with Crippen LogP contribution in [0.15, 0.2) is 45.7 Å². The van der Waals surface area contributed by atoms with E-state index in [1.165, 1.54) is 0 Å². The Kier molecular flexibility index (Phi) is 4.51. The SMILES string of the molecule is Cc1cccnc1C(NC(=O)CCc1nc(-c2ccco2)no1)C1CC1. The van der Waals surface area contributed by atoms with E-state index in [4.69, 9.17) is 8.94 Å². The normalized spacial score (nSPS) is 15.0. The summed E-state index contributed by atoms with van der Waals surface area (Å²) >= 11 is 0. The topological polar surface area (TPSA) is 94.1 Å². The van der Waals surface area contributed by atoms with Crippen molar-refractivity contribution in [3.05, 3.63) is 53.9 Å². The van der Waals surface area contributed by atoms with Gasteiger partial charge in [0.05, 0.1) is 18.0 Å². The Morgan fingerprint density at radius 2 is 2.23 bits per heavy atom. The highest BCUT2D eigenvalue weighted by molar-refractivity contribution is 5.76. The van der Waals surface area contributed by atoms with Crippen LogP contribution in [0.4, 0.5) is 0 Å². The fourth-order valence-electron chi connectivity index (χ4n) is 2.99. The minimum absolute atomic E-state index is 0.0231. The lowest BCUT2D eigenvalue weighted by Gasteiger charge is -2.19. The van der Waals surface area contributed by atoms with Crippen molar-refractivity contribution in [2.24, 2.45) is 5.92 Å². The first kappa shape index (κ1) is 16.5. The van der Waals surface area contributed by atoms with Gasteiger partial charge in [0.25, 0.3) is 0 Å². The lowest BCUT2D eigenvalue weighted by atomic mass is 10.0. The van der Waals surface area contributed by atoms with E-state index in [-0.39, 0.29) is 18.4 Å². The summed E-state index contributed by atoms with van der Waals surface area (Å²) in [6.07, 6.45) is 6.25. The number of aromatic nitrogens is 3. The van der Waals surface area contributed by atoms with Crippen molar-refractivity contribution in [2.75, 3.05) is 0 Å². The number of furan rings is 1. The molecule has 0 spiro atoms. The number of pyridine rings is 1. The summed E-state index contributed by atoms with van der Waals surface area (Å²) < 4.78 is 10.4. The molecule has 1 fully saturated rings. The molecule has 0 radical (unpaired) electrons. The van der Waals surface area contributed by atoms with Gasteiger partial charge in [-0.25, -0.2) is 0 Å². The molecule has 7 heteroatoms. The van der Waals surface area contributed by atoms with E-state index < -0.39 is 0 Å². The van der Waals surface area contributed by atoms with Crippen LogP contribution in [0.3, 0.4) is 0 Å². The first-order chi connectivity index (χ1) is 12.7. The summed E-state index contributed by atoms with van der Waals surface area (Å²) in [5, 5.41) is 7.00. The molecule has 1 aliphatic rings. The number of carbonyl (C=O) groups excluding carboxylic acids is 1. The zero-order chi connectivity index (χ0) is 17.9. The Morgan fingerprint density at radius 3 is 2.96 bits per heavy atom. The Labute approximate surface area is 150 Å². The number of carbonyl (C=O) groups is 1. The van der Waals surface area contributed by atoms with E-state index >= 15 is 0 Å². The number of aryl methyl sites for hydroxylation is 2. The predicted molar refractivity (Wildman–Crippen MR) is 92.9 cm³/mol. The van der Waals surface area contributed by atoms with Gasteiger partial charge in [0, 0.05) is 19.0 Å². The third-order valence-corrected chi connectivity index (χ3v) is 4.53. The Bertz CT molecular complexity index is 884. The number of nitrogens with one attached hydrogen (secondary N) is 1. The lowest BCUT2D eigenvalue weighted by Crippen LogP contribution is -2.31. The van der Waals surface area contributed by atoms with Crippen LogP contribution in [-0.2, 0) is 11.2 Å². The Balaban J connectivity index is 1.37. The van der Waals surface area contributed by atoms with Gasteiger partial charge in [0.15, 0.2) is 5.76 Å². The molecule has 0 saturated heterocycles. The molecular weight excluding hydrogens is 332 g/mol. The standard InChI is InChI=1S/C19H20N4O3/c1-12-4-2-10-20-17(12)18(13-6-7-13)21-15(24)8-9-16-22-19(23-26-16)14-5-3-11-25-14/h2-5,10-11,13,18H,6-9H2,1H3,(H,21,24). The molecule has 3 aromatic heterocycles. The number of hydrogen-bond acceptors (Lipinski definition) is 6. The number of hydrogen-bond donors (Lipinski definition) is 1. The predicted octanol–water partition coefficient (Wildman–Crippen LogP) is 3.23. The van der Waals surface area contributed by atoms with Gasteiger partial charge < -0.3 is 14.3 Å². The summed E-state index contributed by atoms with van der Waals surface area (Å²) in [5.41, 5.74) is 2.06. The molecule has 26 heavy (non-hydrogen) atoms. The van der Waals surface area contributed by atoms with Crippen LogP contribution in [0, 0.1) is 12.8 Å². The molecule has 1 atom stereocenters. The average molecular weight is 352 g/mol. The molecule has 3 aromatic rings. The molecule has 0 bridgehead atoms. The molecule has 3 heterocycles. The van der Waals surface area contributed by atoms with Gasteiger partial charge in [0.1, 0.15) is 0 Å². The smallest absolute Gasteiger partial charge is 0.238 e. The first-order valence-corrected chi connectivity index (χ1v) is 8.78. The Hall–Kier alpha value is -2.96. The van der Waals surface area contributed by atoms with Crippen molar-refractivity contribution in [3.8, 4) is 11.6 Å². The maximum atomic E-state index is 12.4. The van der Waals surface area contributed by atoms with Crippen molar-refractivity contribution < 1.29 is 13.7 Å². The quantitative estimate of drug-likeness (QED) is 0.701. The van der Waals surface area contributed by atoms with Crippen molar-refractivity contribution >= 4 is 5.91 Å². The van der Waals surface area contributed by atoms with E-state index in [9.17, 15) is 4.79 Å². The summed E-state index contributed by atoms with van der Waals surface area (Å²) in [7, 11) is 0. The zero-order valence-electron chi connectivity index (χ0n) is 14.5. The van der Waals surface area contributed by atoms with Crippen molar-refractivity contribution in [1.82, 2.24) is 20.4 Å². The highest BCUT2D eigenvalue weighted by atomic mass is 16.5. The third kappa shape index (κ3) is 3.66. The van der Waals surface area contributed by atoms with Crippen LogP contribution in [0.1, 0.15) is 42.5 Å². The van der Waals surface area contributed by atoms with Crippen molar-refractivity contribution in [3.63, 3.8) is 0 Å². The van der Waals surface area contributed by atoms with Gasteiger partial charge in [-0.05, 0) is 49.4 Å². The minimum atomic E-state index is -0.0373. The molecular formula is C19H20N4O3. The summed E-state index contributed by atoms with van der Waals surface area (Å²) in [6.45, 7) is 2.03. The minimum Gasteiger partial charge on any atom is -0.461 e. The van der Waals surface area contributed by atoms with Gasteiger partial charge in [0.2, 0.25) is 17.6 Å². The summed E-state index contributed by atoms with van der Waals surface area (Å²) in [4.78, 5) is 21.2. The number of nitrogens with zero attached hydrogens (tertiary/aromatic N) is 3. The zero-order valence-corrected chi connectivity index (χ0v) is 14.5. The third-order valence-electron chi connectivity index (χ3n) is 4.53.